The van der Waals surface area contributed by atoms with E-state index in [0.29, 0.717) is 5.56 Å². The SMILES string of the molecule is CC=C=NC(=O)c1ccc(C)cc1. The zero-order valence-corrected chi connectivity index (χ0v) is 7.74. The van der Waals surface area contributed by atoms with Crippen molar-refractivity contribution in [3.05, 3.63) is 41.5 Å². The Bertz CT molecular complexity index is 356. The lowest BCUT2D eigenvalue weighted by atomic mass is 10.1. The topological polar surface area (TPSA) is 29.4 Å². The van der Waals surface area contributed by atoms with Gasteiger partial charge in [0.15, 0.2) is 0 Å². The Balaban J connectivity index is 2.90. The van der Waals surface area contributed by atoms with Gasteiger partial charge in [0, 0.05) is 5.56 Å². The Morgan fingerprint density at radius 2 is 2.00 bits per heavy atom. The van der Waals surface area contributed by atoms with E-state index in [1.165, 1.54) is 0 Å². The second kappa shape index (κ2) is 4.39. The second-order valence-corrected chi connectivity index (χ2v) is 2.70. The number of nitrogens with zero attached hydrogens (tertiary/aromatic N) is 1. The summed E-state index contributed by atoms with van der Waals surface area (Å²) in [6.45, 7) is 3.75. The average molecular weight is 173 g/mol. The van der Waals surface area contributed by atoms with Gasteiger partial charge in [-0.1, -0.05) is 17.7 Å². The maximum Gasteiger partial charge on any atom is 0.285 e. The van der Waals surface area contributed by atoms with Gasteiger partial charge in [0.25, 0.3) is 5.91 Å². The van der Waals surface area contributed by atoms with Crippen molar-refractivity contribution >= 4 is 11.8 Å². The number of amides is 1. The normalized spacial score (nSPS) is 8.77. The molecule has 0 saturated carbocycles. The van der Waals surface area contributed by atoms with Crippen LogP contribution in [0.15, 0.2) is 35.3 Å². The first-order valence-electron chi connectivity index (χ1n) is 4.09. The van der Waals surface area contributed by atoms with E-state index in [-0.39, 0.29) is 5.91 Å². The molecule has 0 atom stereocenters. The Kier molecular flexibility index (Phi) is 3.18. The van der Waals surface area contributed by atoms with E-state index in [1.807, 2.05) is 19.1 Å². The monoisotopic (exact) mass is 173 g/mol. The maximum atomic E-state index is 11.3. The smallest absolute Gasteiger partial charge is 0.266 e. The highest BCUT2D eigenvalue weighted by atomic mass is 16.1. The quantitative estimate of drug-likeness (QED) is 0.599. The molecule has 1 rings (SSSR count). The first-order valence-corrected chi connectivity index (χ1v) is 4.09. The van der Waals surface area contributed by atoms with E-state index >= 15 is 0 Å². The van der Waals surface area contributed by atoms with Crippen LogP contribution in [0.4, 0.5) is 0 Å². The minimum Gasteiger partial charge on any atom is -0.266 e. The van der Waals surface area contributed by atoms with Crippen LogP contribution in [0.3, 0.4) is 0 Å². The zero-order valence-electron chi connectivity index (χ0n) is 7.74. The molecule has 1 amide bonds. The summed E-state index contributed by atoms with van der Waals surface area (Å²) in [5, 5.41) is 0. The van der Waals surface area contributed by atoms with E-state index in [4.69, 9.17) is 0 Å². The Morgan fingerprint density at radius 1 is 1.38 bits per heavy atom. The zero-order chi connectivity index (χ0) is 9.68. The molecule has 2 nitrogen and oxygen atoms in total. The summed E-state index contributed by atoms with van der Waals surface area (Å²) in [6, 6.07) is 7.30. The second-order valence-electron chi connectivity index (χ2n) is 2.70. The van der Waals surface area contributed by atoms with E-state index in [1.54, 1.807) is 25.1 Å². The number of allylic oxidation sites excluding steroid dienone is 1. The van der Waals surface area contributed by atoms with Gasteiger partial charge in [0.1, 0.15) is 0 Å². The molecule has 0 spiro atoms. The van der Waals surface area contributed by atoms with Crippen LogP contribution in [-0.4, -0.2) is 11.8 Å². The summed E-state index contributed by atoms with van der Waals surface area (Å²) in [4.78, 5) is 14.9. The third kappa shape index (κ3) is 2.69. The fourth-order valence-corrected chi connectivity index (χ4v) is 0.884. The molecular formula is C11H11NO. The molecule has 0 aliphatic rings. The van der Waals surface area contributed by atoms with Crippen LogP contribution < -0.4 is 0 Å². The molecule has 0 unspecified atom stereocenters. The van der Waals surface area contributed by atoms with Crippen molar-refractivity contribution in [1.29, 1.82) is 0 Å². The van der Waals surface area contributed by atoms with E-state index in [0.717, 1.165) is 5.56 Å². The van der Waals surface area contributed by atoms with Crippen LogP contribution in [0, 0.1) is 6.92 Å². The molecule has 13 heavy (non-hydrogen) atoms. The van der Waals surface area contributed by atoms with Crippen LogP contribution in [-0.2, 0) is 0 Å². The number of hydrogen-bond donors (Lipinski definition) is 0. The van der Waals surface area contributed by atoms with Crippen molar-refractivity contribution in [3.63, 3.8) is 0 Å². The molecule has 0 radical (unpaired) electrons. The lowest BCUT2D eigenvalue weighted by molar-refractivity contribution is 0.100. The molecule has 0 N–H and O–H groups in total. The van der Waals surface area contributed by atoms with Crippen LogP contribution in [0.25, 0.3) is 0 Å². The molecule has 66 valence electrons. The number of benzene rings is 1. The first-order chi connectivity index (χ1) is 6.24. The number of aliphatic imine (C=N–C) groups is 1. The Labute approximate surface area is 77.6 Å². The van der Waals surface area contributed by atoms with Gasteiger partial charge in [0.2, 0.25) is 0 Å². The van der Waals surface area contributed by atoms with Crippen LogP contribution >= 0.6 is 0 Å². The average Bonchev–Trinajstić information content (AvgIpc) is 2.15. The predicted molar refractivity (Wildman–Crippen MR) is 53.2 cm³/mol. The highest BCUT2D eigenvalue weighted by molar-refractivity contribution is 5.98. The van der Waals surface area contributed by atoms with Crippen molar-refractivity contribution in [3.8, 4) is 0 Å². The standard InChI is InChI=1S/C11H11NO/c1-3-8-12-11(13)10-6-4-9(2)5-7-10/h3-7H,1-2H3. The van der Waals surface area contributed by atoms with Gasteiger partial charge >= 0.3 is 0 Å². The molecule has 1 aromatic rings. The molecule has 2 heteroatoms. The highest BCUT2D eigenvalue weighted by Crippen LogP contribution is 2.03. The lowest BCUT2D eigenvalue weighted by Gasteiger charge is -1.93. The molecular weight excluding hydrogens is 162 g/mol. The summed E-state index contributed by atoms with van der Waals surface area (Å²) in [5.74, 6) is 2.26. The molecule has 0 aliphatic carbocycles. The van der Waals surface area contributed by atoms with E-state index in [2.05, 4.69) is 10.9 Å². The highest BCUT2D eigenvalue weighted by Gasteiger charge is 2.00. The summed E-state index contributed by atoms with van der Waals surface area (Å²) in [6.07, 6.45) is 1.60. The fourth-order valence-electron chi connectivity index (χ4n) is 0.884. The van der Waals surface area contributed by atoms with Crippen LogP contribution in [0.5, 0.6) is 0 Å². The third-order valence-electron chi connectivity index (χ3n) is 1.59. The molecule has 0 fully saturated rings. The van der Waals surface area contributed by atoms with Gasteiger partial charge in [-0.15, -0.1) is 0 Å². The number of aryl methyl sites for hydroxylation is 1. The number of hydrogen-bond acceptors (Lipinski definition) is 1. The van der Waals surface area contributed by atoms with Crippen LogP contribution in [0.1, 0.15) is 22.8 Å². The van der Waals surface area contributed by atoms with Gasteiger partial charge in [0.05, 0.1) is 0 Å². The van der Waals surface area contributed by atoms with Crippen molar-refractivity contribution in [2.24, 2.45) is 4.99 Å². The molecule has 0 aliphatic heterocycles. The summed E-state index contributed by atoms with van der Waals surface area (Å²) >= 11 is 0. The molecule has 0 aromatic heterocycles. The lowest BCUT2D eigenvalue weighted by Crippen LogP contribution is -1.93. The van der Waals surface area contributed by atoms with Gasteiger partial charge in [-0.2, -0.15) is 4.99 Å². The van der Waals surface area contributed by atoms with Crippen molar-refractivity contribution in [1.82, 2.24) is 0 Å². The molecule has 0 heterocycles. The summed E-state index contributed by atoms with van der Waals surface area (Å²) < 4.78 is 0. The minimum atomic E-state index is -0.252. The van der Waals surface area contributed by atoms with Gasteiger partial charge in [-0.3, -0.25) is 4.79 Å². The minimum absolute atomic E-state index is 0.252. The summed E-state index contributed by atoms with van der Waals surface area (Å²) in [7, 11) is 0. The maximum absolute atomic E-state index is 11.3. The number of carbonyl (C=O) groups excluding carboxylic acids is 1. The third-order valence-corrected chi connectivity index (χ3v) is 1.59. The van der Waals surface area contributed by atoms with Gasteiger partial charge in [-0.05, 0) is 37.9 Å². The van der Waals surface area contributed by atoms with Crippen molar-refractivity contribution in [2.75, 3.05) is 0 Å². The predicted octanol–water partition coefficient (Wildman–Crippen LogP) is 2.38. The Morgan fingerprint density at radius 3 is 2.54 bits per heavy atom. The van der Waals surface area contributed by atoms with E-state index in [9.17, 15) is 4.79 Å². The molecule has 0 bridgehead atoms. The van der Waals surface area contributed by atoms with E-state index < -0.39 is 0 Å². The summed E-state index contributed by atoms with van der Waals surface area (Å²) in [5.41, 5.74) is 1.73. The fraction of sp³-hybridized carbons (Fsp3) is 0.182. The Hall–Kier alpha value is -1.66. The molecule has 1 aromatic carbocycles. The van der Waals surface area contributed by atoms with Crippen molar-refractivity contribution in [2.45, 2.75) is 13.8 Å². The van der Waals surface area contributed by atoms with Gasteiger partial charge < -0.3 is 0 Å². The first kappa shape index (κ1) is 9.43. The van der Waals surface area contributed by atoms with Crippen molar-refractivity contribution < 1.29 is 4.79 Å². The number of carbonyl (C=O) groups is 1. The number of rotatable bonds is 1. The molecule has 0 saturated heterocycles. The largest absolute Gasteiger partial charge is 0.285 e. The van der Waals surface area contributed by atoms with Gasteiger partial charge in [-0.25, -0.2) is 0 Å². The van der Waals surface area contributed by atoms with Crippen LogP contribution in [0.2, 0.25) is 0 Å².